The van der Waals surface area contributed by atoms with Crippen LogP contribution < -0.4 is 4.90 Å². The number of rotatable bonds is 3. The van der Waals surface area contributed by atoms with Crippen LogP contribution in [0.3, 0.4) is 0 Å². The molecule has 2 fully saturated rings. The molecule has 1 amide bonds. The standard InChI is InChI=1S/C15H22N4O3/c1-21-10-14(20)19-7-8-22-15(12-19)3-2-6-18(11-15)13-9-16-4-5-17-13/h4-5,9H,2-3,6-8,10-12H2,1H3/t15-/m0/s1. The number of carbonyl (C=O) groups excluding carboxylic acids is 1. The molecule has 0 saturated carbocycles. The predicted molar refractivity (Wildman–Crippen MR) is 80.6 cm³/mol. The third kappa shape index (κ3) is 3.20. The summed E-state index contributed by atoms with van der Waals surface area (Å²) in [5.41, 5.74) is -0.308. The highest BCUT2D eigenvalue weighted by Crippen LogP contribution is 2.30. The Hall–Kier alpha value is -1.73. The van der Waals surface area contributed by atoms with Crippen molar-refractivity contribution in [3.8, 4) is 0 Å². The second-order valence-electron chi connectivity index (χ2n) is 5.87. The molecule has 2 aliphatic heterocycles. The highest BCUT2D eigenvalue weighted by atomic mass is 16.5. The van der Waals surface area contributed by atoms with Gasteiger partial charge in [-0.15, -0.1) is 0 Å². The van der Waals surface area contributed by atoms with E-state index in [0.29, 0.717) is 19.7 Å². The Balaban J connectivity index is 1.71. The molecule has 1 atom stereocenters. The fourth-order valence-electron chi connectivity index (χ4n) is 3.27. The minimum absolute atomic E-state index is 0.0294. The number of amides is 1. The molecule has 22 heavy (non-hydrogen) atoms. The van der Waals surface area contributed by atoms with E-state index in [9.17, 15) is 4.79 Å². The average molecular weight is 306 g/mol. The lowest BCUT2D eigenvalue weighted by atomic mass is 9.90. The van der Waals surface area contributed by atoms with Crippen LogP contribution in [-0.4, -0.2) is 72.9 Å². The third-order valence-electron chi connectivity index (χ3n) is 4.28. The number of morpholine rings is 1. The summed E-state index contributed by atoms with van der Waals surface area (Å²) < 4.78 is 11.1. The molecule has 2 aliphatic rings. The Morgan fingerprint density at radius 1 is 1.41 bits per heavy atom. The van der Waals surface area contributed by atoms with Gasteiger partial charge < -0.3 is 19.3 Å². The monoisotopic (exact) mass is 306 g/mol. The first-order valence-corrected chi connectivity index (χ1v) is 7.64. The van der Waals surface area contributed by atoms with E-state index in [-0.39, 0.29) is 18.1 Å². The molecule has 1 aromatic rings. The SMILES string of the molecule is COCC(=O)N1CCO[C@]2(CCCN(c3cnccn3)C2)C1. The topological polar surface area (TPSA) is 67.8 Å². The number of ether oxygens (including phenoxy) is 2. The lowest BCUT2D eigenvalue weighted by Crippen LogP contribution is -2.61. The lowest BCUT2D eigenvalue weighted by molar-refractivity contribution is -0.155. The van der Waals surface area contributed by atoms with Crippen LogP contribution in [0.2, 0.25) is 0 Å². The van der Waals surface area contributed by atoms with Crippen molar-refractivity contribution in [3.63, 3.8) is 0 Å². The normalized spacial score (nSPS) is 25.5. The van der Waals surface area contributed by atoms with Crippen LogP contribution in [0, 0.1) is 0 Å². The van der Waals surface area contributed by atoms with E-state index in [0.717, 1.165) is 31.7 Å². The van der Waals surface area contributed by atoms with Crippen molar-refractivity contribution in [2.24, 2.45) is 0 Å². The Morgan fingerprint density at radius 3 is 3.09 bits per heavy atom. The van der Waals surface area contributed by atoms with Gasteiger partial charge in [0.15, 0.2) is 0 Å². The van der Waals surface area contributed by atoms with Crippen molar-refractivity contribution >= 4 is 11.7 Å². The smallest absolute Gasteiger partial charge is 0.248 e. The second-order valence-corrected chi connectivity index (χ2v) is 5.87. The number of anilines is 1. The fourth-order valence-corrected chi connectivity index (χ4v) is 3.27. The molecular formula is C15H22N4O3. The quantitative estimate of drug-likeness (QED) is 0.801. The van der Waals surface area contributed by atoms with Gasteiger partial charge in [0.05, 0.1) is 25.9 Å². The van der Waals surface area contributed by atoms with E-state index in [1.54, 1.807) is 25.7 Å². The van der Waals surface area contributed by atoms with Crippen molar-refractivity contribution < 1.29 is 14.3 Å². The number of aromatic nitrogens is 2. The van der Waals surface area contributed by atoms with Crippen LogP contribution in [0.4, 0.5) is 5.82 Å². The van der Waals surface area contributed by atoms with Crippen molar-refractivity contribution in [1.82, 2.24) is 14.9 Å². The van der Waals surface area contributed by atoms with Crippen LogP contribution in [0.25, 0.3) is 0 Å². The van der Waals surface area contributed by atoms with Crippen molar-refractivity contribution in [2.45, 2.75) is 18.4 Å². The molecule has 1 aromatic heterocycles. The number of hydrogen-bond donors (Lipinski definition) is 0. The summed E-state index contributed by atoms with van der Waals surface area (Å²) in [4.78, 5) is 24.6. The molecule has 0 N–H and O–H groups in total. The van der Waals surface area contributed by atoms with Gasteiger partial charge >= 0.3 is 0 Å². The van der Waals surface area contributed by atoms with Crippen molar-refractivity contribution in [3.05, 3.63) is 18.6 Å². The van der Waals surface area contributed by atoms with Crippen LogP contribution >= 0.6 is 0 Å². The molecule has 0 aromatic carbocycles. The van der Waals surface area contributed by atoms with Gasteiger partial charge in [-0.25, -0.2) is 4.98 Å². The molecule has 1 spiro atoms. The van der Waals surface area contributed by atoms with Gasteiger partial charge in [0.1, 0.15) is 18.0 Å². The molecule has 3 heterocycles. The molecule has 7 nitrogen and oxygen atoms in total. The molecular weight excluding hydrogens is 284 g/mol. The van der Waals surface area contributed by atoms with Gasteiger partial charge in [0.2, 0.25) is 5.91 Å². The summed E-state index contributed by atoms with van der Waals surface area (Å²) in [6.45, 7) is 3.63. The van der Waals surface area contributed by atoms with Crippen LogP contribution in [0.5, 0.6) is 0 Å². The Morgan fingerprint density at radius 2 is 2.32 bits per heavy atom. The third-order valence-corrected chi connectivity index (χ3v) is 4.28. The van der Waals surface area contributed by atoms with E-state index >= 15 is 0 Å². The largest absolute Gasteiger partial charge is 0.375 e. The first kappa shape index (κ1) is 15.2. The average Bonchev–Trinajstić information content (AvgIpc) is 2.56. The first-order chi connectivity index (χ1) is 10.7. The summed E-state index contributed by atoms with van der Waals surface area (Å²) in [5.74, 6) is 0.896. The van der Waals surface area contributed by atoms with Gasteiger partial charge in [-0.05, 0) is 12.8 Å². The van der Waals surface area contributed by atoms with Gasteiger partial charge in [0, 0.05) is 32.6 Å². The van der Waals surface area contributed by atoms with Crippen LogP contribution in [0.15, 0.2) is 18.6 Å². The predicted octanol–water partition coefficient (Wildman–Crippen LogP) is 0.321. The van der Waals surface area contributed by atoms with E-state index < -0.39 is 0 Å². The number of carbonyl (C=O) groups is 1. The van der Waals surface area contributed by atoms with E-state index in [1.807, 2.05) is 4.90 Å². The second kappa shape index (κ2) is 6.58. The van der Waals surface area contributed by atoms with Gasteiger partial charge in [0.25, 0.3) is 0 Å². The Kier molecular flexibility index (Phi) is 4.54. The summed E-state index contributed by atoms with van der Waals surface area (Å²) in [6, 6.07) is 0. The number of methoxy groups -OCH3 is 1. The molecule has 0 aliphatic carbocycles. The maximum Gasteiger partial charge on any atom is 0.248 e. The minimum Gasteiger partial charge on any atom is -0.375 e. The Labute approximate surface area is 130 Å². The maximum absolute atomic E-state index is 12.1. The van der Waals surface area contributed by atoms with Gasteiger partial charge in [-0.2, -0.15) is 0 Å². The first-order valence-electron chi connectivity index (χ1n) is 7.64. The molecule has 0 bridgehead atoms. The highest BCUT2D eigenvalue weighted by Gasteiger charge is 2.42. The van der Waals surface area contributed by atoms with Gasteiger partial charge in [-0.3, -0.25) is 9.78 Å². The molecule has 7 heteroatoms. The minimum atomic E-state index is -0.308. The molecule has 3 rings (SSSR count). The molecule has 120 valence electrons. The number of nitrogens with zero attached hydrogens (tertiary/aromatic N) is 4. The number of piperidine rings is 1. The molecule has 2 saturated heterocycles. The summed E-state index contributed by atoms with van der Waals surface area (Å²) >= 11 is 0. The molecule has 0 radical (unpaired) electrons. The fraction of sp³-hybridized carbons (Fsp3) is 0.667. The summed E-state index contributed by atoms with van der Waals surface area (Å²) in [7, 11) is 1.55. The van der Waals surface area contributed by atoms with E-state index in [4.69, 9.17) is 9.47 Å². The summed E-state index contributed by atoms with van der Waals surface area (Å²) in [6.07, 6.45) is 7.12. The van der Waals surface area contributed by atoms with E-state index in [2.05, 4.69) is 14.9 Å². The van der Waals surface area contributed by atoms with Crippen molar-refractivity contribution in [1.29, 1.82) is 0 Å². The highest BCUT2D eigenvalue weighted by molar-refractivity contribution is 5.77. The maximum atomic E-state index is 12.1. The zero-order chi connectivity index (χ0) is 15.4. The van der Waals surface area contributed by atoms with Crippen molar-refractivity contribution in [2.75, 3.05) is 51.4 Å². The van der Waals surface area contributed by atoms with E-state index in [1.165, 1.54) is 0 Å². The zero-order valence-electron chi connectivity index (χ0n) is 12.9. The Bertz CT molecular complexity index is 509. The molecule has 0 unspecified atom stereocenters. The number of hydrogen-bond acceptors (Lipinski definition) is 6. The lowest BCUT2D eigenvalue weighted by Gasteiger charge is -2.48. The van der Waals surface area contributed by atoms with Crippen LogP contribution in [0.1, 0.15) is 12.8 Å². The van der Waals surface area contributed by atoms with Gasteiger partial charge in [-0.1, -0.05) is 0 Å². The summed E-state index contributed by atoms with van der Waals surface area (Å²) in [5, 5.41) is 0. The van der Waals surface area contributed by atoms with Crippen LogP contribution in [-0.2, 0) is 14.3 Å². The zero-order valence-corrected chi connectivity index (χ0v) is 12.9.